The molecule has 2 aliphatic heterocycles. The summed E-state index contributed by atoms with van der Waals surface area (Å²) in [6, 6.07) is 6.89. The number of thioether (sulfide) groups is 1. The number of nitrogens with zero attached hydrogens (tertiary/aromatic N) is 2. The van der Waals surface area contributed by atoms with Gasteiger partial charge in [-0.25, -0.2) is 4.79 Å². The van der Waals surface area contributed by atoms with E-state index < -0.39 is 17.1 Å². The number of likely N-dealkylation sites (tertiary alicyclic amines) is 1. The van der Waals surface area contributed by atoms with Gasteiger partial charge in [0.05, 0.1) is 11.5 Å². The summed E-state index contributed by atoms with van der Waals surface area (Å²) in [7, 11) is 0. The molecule has 0 aliphatic carbocycles. The average Bonchev–Trinajstić information content (AvgIpc) is 3.01. The van der Waals surface area contributed by atoms with Crippen LogP contribution in [-0.2, 0) is 19.1 Å². The normalized spacial score (nSPS) is 20.3. The maximum atomic E-state index is 12.7. The van der Waals surface area contributed by atoms with Crippen LogP contribution < -0.4 is 4.74 Å². The summed E-state index contributed by atoms with van der Waals surface area (Å²) < 4.78 is 10.1. The number of hydrogen-bond donors (Lipinski definition) is 0. The van der Waals surface area contributed by atoms with E-state index in [1.54, 1.807) is 42.2 Å². The third-order valence-corrected chi connectivity index (χ3v) is 6.04. The maximum Gasteiger partial charge on any atom is 0.344 e. The lowest BCUT2D eigenvalue weighted by Crippen LogP contribution is -2.47. The summed E-state index contributed by atoms with van der Waals surface area (Å²) in [4.78, 5) is 52.0. The first-order chi connectivity index (χ1) is 14.9. The van der Waals surface area contributed by atoms with Gasteiger partial charge in [0.1, 0.15) is 12.3 Å². The number of carbonyl (C=O) groups is 4. The van der Waals surface area contributed by atoms with Gasteiger partial charge >= 0.3 is 5.97 Å². The van der Waals surface area contributed by atoms with Crippen molar-refractivity contribution in [1.82, 2.24) is 9.80 Å². The van der Waals surface area contributed by atoms with E-state index in [0.717, 1.165) is 35.9 Å². The lowest BCUT2D eigenvalue weighted by atomic mass is 10.0. The van der Waals surface area contributed by atoms with E-state index in [-0.39, 0.29) is 30.0 Å². The molecule has 0 spiro atoms. The monoisotopic (exact) mass is 446 g/mol. The van der Waals surface area contributed by atoms with Crippen molar-refractivity contribution in [2.45, 2.75) is 39.2 Å². The largest absolute Gasteiger partial charge is 0.482 e. The van der Waals surface area contributed by atoms with Crippen molar-refractivity contribution in [1.29, 1.82) is 0 Å². The van der Waals surface area contributed by atoms with E-state index >= 15 is 0 Å². The van der Waals surface area contributed by atoms with E-state index in [1.165, 1.54) is 0 Å². The second-order valence-electron chi connectivity index (χ2n) is 7.36. The van der Waals surface area contributed by atoms with Crippen LogP contribution in [0.4, 0.5) is 4.79 Å². The van der Waals surface area contributed by atoms with Gasteiger partial charge in [-0.2, -0.15) is 0 Å². The molecule has 1 aromatic carbocycles. The number of hydrogen-bond acceptors (Lipinski definition) is 7. The minimum atomic E-state index is -0.462. The van der Waals surface area contributed by atoms with Crippen LogP contribution in [0.25, 0.3) is 6.08 Å². The standard InChI is InChI=1S/C22H26N2O6S/c1-3-29-20(26)14-30-17-9-7-16(8-10-17)12-18-21(27)24(22(28)31-18)13-19(25)23-11-5-4-6-15(23)2/h7-10,12,15H,3-6,11,13-14H2,1-2H3/b18-12-/t15-/m0/s1. The Labute approximate surface area is 185 Å². The Bertz CT molecular complexity index is 882. The molecule has 0 aromatic heterocycles. The Balaban J connectivity index is 1.60. The summed E-state index contributed by atoms with van der Waals surface area (Å²) in [6.07, 6.45) is 4.57. The topological polar surface area (TPSA) is 93.2 Å². The number of ether oxygens (including phenoxy) is 2. The first kappa shape index (κ1) is 22.9. The molecule has 9 heteroatoms. The second kappa shape index (κ2) is 10.5. The Hall–Kier alpha value is -2.81. The van der Waals surface area contributed by atoms with Gasteiger partial charge in [-0.1, -0.05) is 12.1 Å². The highest BCUT2D eigenvalue weighted by Crippen LogP contribution is 2.32. The highest BCUT2D eigenvalue weighted by Gasteiger charge is 2.37. The number of amides is 3. The van der Waals surface area contributed by atoms with E-state index in [1.807, 2.05) is 6.92 Å². The van der Waals surface area contributed by atoms with E-state index in [0.29, 0.717) is 24.5 Å². The number of rotatable bonds is 7. The molecule has 0 radical (unpaired) electrons. The molecule has 1 aromatic rings. The number of esters is 1. The lowest BCUT2D eigenvalue weighted by molar-refractivity contribution is -0.145. The Kier molecular flexibility index (Phi) is 7.73. The molecule has 2 aliphatic rings. The SMILES string of the molecule is CCOC(=O)COc1ccc(/C=C2\SC(=O)N(CC(=O)N3CCCC[C@@H]3C)C2=O)cc1. The summed E-state index contributed by atoms with van der Waals surface area (Å²) >= 11 is 0.825. The second-order valence-corrected chi connectivity index (χ2v) is 8.36. The van der Waals surface area contributed by atoms with Crippen LogP contribution in [0.2, 0.25) is 0 Å². The van der Waals surface area contributed by atoms with Gasteiger partial charge in [-0.05, 0) is 68.6 Å². The smallest absolute Gasteiger partial charge is 0.344 e. The molecule has 3 amide bonds. The quantitative estimate of drug-likeness (QED) is 0.469. The molecule has 2 fully saturated rings. The van der Waals surface area contributed by atoms with Crippen LogP contribution >= 0.6 is 11.8 Å². The highest BCUT2D eigenvalue weighted by molar-refractivity contribution is 8.18. The zero-order valence-corrected chi connectivity index (χ0v) is 18.5. The van der Waals surface area contributed by atoms with Gasteiger partial charge in [0.25, 0.3) is 11.1 Å². The highest BCUT2D eigenvalue weighted by atomic mass is 32.2. The summed E-state index contributed by atoms with van der Waals surface area (Å²) in [6.45, 7) is 4.25. The minimum absolute atomic E-state index is 0.126. The van der Waals surface area contributed by atoms with E-state index in [2.05, 4.69) is 0 Å². The van der Waals surface area contributed by atoms with Crippen LogP contribution in [-0.4, -0.2) is 65.2 Å². The first-order valence-electron chi connectivity index (χ1n) is 10.3. The predicted octanol–water partition coefficient (Wildman–Crippen LogP) is 3.07. The molecule has 2 saturated heterocycles. The molecule has 1 atom stereocenters. The van der Waals surface area contributed by atoms with Crippen LogP contribution in [0, 0.1) is 0 Å². The molecular formula is C22H26N2O6S. The van der Waals surface area contributed by atoms with Crippen LogP contribution in [0.15, 0.2) is 29.2 Å². The molecule has 0 bridgehead atoms. The summed E-state index contributed by atoms with van der Waals surface area (Å²) in [5.74, 6) is -0.622. The number of benzene rings is 1. The molecule has 8 nitrogen and oxygen atoms in total. The molecule has 2 heterocycles. The minimum Gasteiger partial charge on any atom is -0.482 e. The van der Waals surface area contributed by atoms with Crippen molar-refractivity contribution < 1.29 is 28.7 Å². The van der Waals surface area contributed by atoms with E-state index in [4.69, 9.17) is 9.47 Å². The third kappa shape index (κ3) is 5.88. The van der Waals surface area contributed by atoms with Gasteiger partial charge in [-0.15, -0.1) is 0 Å². The average molecular weight is 447 g/mol. The third-order valence-electron chi connectivity index (χ3n) is 5.13. The summed E-state index contributed by atoms with van der Waals surface area (Å²) in [5, 5.41) is -0.441. The fraction of sp³-hybridized carbons (Fsp3) is 0.455. The van der Waals surface area contributed by atoms with Gasteiger partial charge < -0.3 is 14.4 Å². The fourth-order valence-electron chi connectivity index (χ4n) is 3.49. The molecule has 0 N–H and O–H groups in total. The number of piperidine rings is 1. The first-order valence-corrected chi connectivity index (χ1v) is 11.1. The van der Waals surface area contributed by atoms with Crippen molar-refractivity contribution in [3.63, 3.8) is 0 Å². The van der Waals surface area contributed by atoms with E-state index in [9.17, 15) is 19.2 Å². The zero-order chi connectivity index (χ0) is 22.4. The molecule has 0 saturated carbocycles. The summed E-state index contributed by atoms with van der Waals surface area (Å²) in [5.41, 5.74) is 0.699. The molecule has 166 valence electrons. The van der Waals surface area contributed by atoms with Gasteiger partial charge in [0.15, 0.2) is 6.61 Å². The number of imide groups is 1. The van der Waals surface area contributed by atoms with Crippen molar-refractivity contribution in [2.24, 2.45) is 0 Å². The molecule has 3 rings (SSSR count). The lowest BCUT2D eigenvalue weighted by Gasteiger charge is -2.34. The van der Waals surface area contributed by atoms with Crippen molar-refractivity contribution >= 4 is 40.9 Å². The van der Waals surface area contributed by atoms with Crippen LogP contribution in [0.5, 0.6) is 5.75 Å². The molecule has 31 heavy (non-hydrogen) atoms. The Morgan fingerprint density at radius 3 is 2.61 bits per heavy atom. The van der Waals surface area contributed by atoms with Gasteiger partial charge in [-0.3, -0.25) is 19.3 Å². The molecular weight excluding hydrogens is 420 g/mol. The number of carbonyl (C=O) groups excluding carboxylic acids is 4. The zero-order valence-electron chi connectivity index (χ0n) is 17.7. The molecule has 0 unspecified atom stereocenters. The predicted molar refractivity (Wildman–Crippen MR) is 116 cm³/mol. The van der Waals surface area contributed by atoms with Crippen molar-refractivity contribution in [2.75, 3.05) is 26.3 Å². The van der Waals surface area contributed by atoms with Crippen LogP contribution in [0.1, 0.15) is 38.7 Å². The Morgan fingerprint density at radius 1 is 1.19 bits per heavy atom. The Morgan fingerprint density at radius 2 is 1.94 bits per heavy atom. The van der Waals surface area contributed by atoms with Crippen molar-refractivity contribution in [3.05, 3.63) is 34.7 Å². The van der Waals surface area contributed by atoms with Crippen molar-refractivity contribution in [3.8, 4) is 5.75 Å². The fourth-order valence-corrected chi connectivity index (χ4v) is 4.33. The maximum absolute atomic E-state index is 12.7. The van der Waals surface area contributed by atoms with Gasteiger partial charge in [0, 0.05) is 12.6 Å². The van der Waals surface area contributed by atoms with Gasteiger partial charge in [0.2, 0.25) is 5.91 Å². The van der Waals surface area contributed by atoms with Crippen LogP contribution in [0.3, 0.4) is 0 Å².